The van der Waals surface area contributed by atoms with E-state index in [9.17, 15) is 4.79 Å². The largest absolute Gasteiger partial charge is 0.376 e. The quantitative estimate of drug-likeness (QED) is 0.836. The Bertz CT molecular complexity index is 709. The van der Waals surface area contributed by atoms with E-state index >= 15 is 0 Å². The van der Waals surface area contributed by atoms with Crippen LogP contribution < -0.4 is 4.90 Å². The van der Waals surface area contributed by atoms with Crippen molar-refractivity contribution in [3.63, 3.8) is 0 Å². The van der Waals surface area contributed by atoms with Crippen LogP contribution in [0.25, 0.3) is 0 Å². The standard InChI is InChI=1S/C18H26N6O/c1-21(2)16-5-6-17(19-12-16)18(25)24-8-4-7-23(9-10-24)14-15-11-20-22(3)13-15/h5-6,11-13H,4,7-10,14H2,1-3H3. The van der Waals surface area contributed by atoms with Gasteiger partial charge in [0.2, 0.25) is 0 Å². The van der Waals surface area contributed by atoms with Crippen molar-refractivity contribution < 1.29 is 4.79 Å². The second-order valence-corrected chi connectivity index (χ2v) is 6.74. The van der Waals surface area contributed by atoms with E-state index in [0.29, 0.717) is 5.69 Å². The lowest BCUT2D eigenvalue weighted by Crippen LogP contribution is -2.35. The minimum Gasteiger partial charge on any atom is -0.376 e. The Morgan fingerprint density at radius 1 is 1.16 bits per heavy atom. The van der Waals surface area contributed by atoms with Crippen molar-refractivity contribution in [1.29, 1.82) is 0 Å². The van der Waals surface area contributed by atoms with Crippen LogP contribution in [0.5, 0.6) is 0 Å². The summed E-state index contributed by atoms with van der Waals surface area (Å²) in [6, 6.07) is 3.75. The lowest BCUT2D eigenvalue weighted by Gasteiger charge is -2.21. The fraction of sp³-hybridized carbons (Fsp3) is 0.500. The number of amides is 1. The Balaban J connectivity index is 1.59. The molecule has 7 heteroatoms. The van der Waals surface area contributed by atoms with Gasteiger partial charge >= 0.3 is 0 Å². The van der Waals surface area contributed by atoms with Gasteiger partial charge in [0.1, 0.15) is 5.69 Å². The molecule has 0 saturated carbocycles. The van der Waals surface area contributed by atoms with Crippen LogP contribution in [0.15, 0.2) is 30.7 Å². The number of nitrogens with zero attached hydrogens (tertiary/aromatic N) is 6. The summed E-state index contributed by atoms with van der Waals surface area (Å²) in [5.41, 5.74) is 2.73. The van der Waals surface area contributed by atoms with Gasteiger partial charge in [-0.3, -0.25) is 14.4 Å². The van der Waals surface area contributed by atoms with E-state index in [0.717, 1.165) is 44.8 Å². The Kier molecular flexibility index (Phi) is 5.33. The molecular formula is C18H26N6O. The SMILES string of the molecule is CN(C)c1ccc(C(=O)N2CCCN(Cc3cnn(C)c3)CC2)nc1. The molecule has 134 valence electrons. The average molecular weight is 342 g/mol. The van der Waals surface area contributed by atoms with Gasteiger partial charge in [0.15, 0.2) is 0 Å². The molecule has 3 rings (SSSR count). The molecule has 1 saturated heterocycles. The Morgan fingerprint density at radius 2 is 2.00 bits per heavy atom. The zero-order chi connectivity index (χ0) is 17.8. The highest BCUT2D eigenvalue weighted by Crippen LogP contribution is 2.13. The van der Waals surface area contributed by atoms with Crippen molar-refractivity contribution in [1.82, 2.24) is 24.6 Å². The van der Waals surface area contributed by atoms with Gasteiger partial charge in [-0.15, -0.1) is 0 Å². The maximum Gasteiger partial charge on any atom is 0.272 e. The third-order valence-electron chi connectivity index (χ3n) is 4.52. The van der Waals surface area contributed by atoms with Gasteiger partial charge in [-0.2, -0.15) is 5.10 Å². The fourth-order valence-corrected chi connectivity index (χ4v) is 3.08. The first kappa shape index (κ1) is 17.4. The van der Waals surface area contributed by atoms with E-state index in [2.05, 4.69) is 15.0 Å². The van der Waals surface area contributed by atoms with Crippen LogP contribution in [0.4, 0.5) is 5.69 Å². The molecule has 0 spiro atoms. The smallest absolute Gasteiger partial charge is 0.272 e. The lowest BCUT2D eigenvalue weighted by molar-refractivity contribution is 0.0755. The highest BCUT2D eigenvalue weighted by molar-refractivity contribution is 5.92. The molecule has 25 heavy (non-hydrogen) atoms. The molecule has 1 amide bonds. The molecular weight excluding hydrogens is 316 g/mol. The predicted octanol–water partition coefficient (Wildman–Crippen LogP) is 1.23. The Morgan fingerprint density at radius 3 is 2.64 bits per heavy atom. The molecule has 0 N–H and O–H groups in total. The van der Waals surface area contributed by atoms with Crippen LogP contribution in [-0.2, 0) is 13.6 Å². The highest BCUT2D eigenvalue weighted by Gasteiger charge is 2.21. The van der Waals surface area contributed by atoms with E-state index in [1.165, 1.54) is 5.56 Å². The Hall–Kier alpha value is -2.41. The normalized spacial score (nSPS) is 15.9. The maximum absolute atomic E-state index is 12.7. The summed E-state index contributed by atoms with van der Waals surface area (Å²) in [6.07, 6.45) is 6.68. The van der Waals surface area contributed by atoms with E-state index in [1.54, 1.807) is 6.20 Å². The van der Waals surface area contributed by atoms with Crippen molar-refractivity contribution in [3.8, 4) is 0 Å². The first-order valence-corrected chi connectivity index (χ1v) is 8.65. The molecule has 0 aliphatic carbocycles. The lowest BCUT2D eigenvalue weighted by atomic mass is 10.2. The molecule has 0 radical (unpaired) electrons. The second-order valence-electron chi connectivity index (χ2n) is 6.74. The van der Waals surface area contributed by atoms with E-state index in [1.807, 2.05) is 60.2 Å². The minimum absolute atomic E-state index is 0.0218. The van der Waals surface area contributed by atoms with Crippen LogP contribution >= 0.6 is 0 Å². The average Bonchev–Trinajstić information content (AvgIpc) is 2.87. The topological polar surface area (TPSA) is 57.5 Å². The third-order valence-corrected chi connectivity index (χ3v) is 4.52. The van der Waals surface area contributed by atoms with Gasteiger partial charge < -0.3 is 9.80 Å². The molecule has 3 heterocycles. The van der Waals surface area contributed by atoms with Crippen molar-refractivity contribution in [2.75, 3.05) is 45.2 Å². The van der Waals surface area contributed by atoms with Crippen LogP contribution in [-0.4, -0.2) is 70.7 Å². The number of carbonyl (C=O) groups excluding carboxylic acids is 1. The monoisotopic (exact) mass is 342 g/mol. The maximum atomic E-state index is 12.7. The number of hydrogen-bond acceptors (Lipinski definition) is 5. The van der Waals surface area contributed by atoms with Crippen molar-refractivity contribution >= 4 is 11.6 Å². The highest BCUT2D eigenvalue weighted by atomic mass is 16.2. The fourth-order valence-electron chi connectivity index (χ4n) is 3.08. The Labute approximate surface area is 148 Å². The number of carbonyl (C=O) groups is 1. The van der Waals surface area contributed by atoms with Gasteiger partial charge in [0, 0.05) is 65.6 Å². The number of anilines is 1. The molecule has 2 aromatic heterocycles. The van der Waals surface area contributed by atoms with Crippen LogP contribution in [0.3, 0.4) is 0 Å². The summed E-state index contributed by atoms with van der Waals surface area (Å²) >= 11 is 0. The van der Waals surface area contributed by atoms with E-state index in [-0.39, 0.29) is 5.91 Å². The number of aryl methyl sites for hydroxylation is 1. The number of hydrogen-bond donors (Lipinski definition) is 0. The summed E-state index contributed by atoms with van der Waals surface area (Å²) in [6.45, 7) is 4.25. The summed E-state index contributed by atoms with van der Waals surface area (Å²) < 4.78 is 1.83. The molecule has 0 unspecified atom stereocenters. The van der Waals surface area contributed by atoms with Crippen LogP contribution in [0.1, 0.15) is 22.5 Å². The molecule has 1 aliphatic heterocycles. The van der Waals surface area contributed by atoms with Crippen molar-refractivity contribution in [2.45, 2.75) is 13.0 Å². The van der Waals surface area contributed by atoms with Crippen molar-refractivity contribution in [3.05, 3.63) is 42.0 Å². The van der Waals surface area contributed by atoms with Gasteiger partial charge in [0.25, 0.3) is 5.91 Å². The third kappa shape index (κ3) is 4.36. The molecule has 1 aliphatic rings. The first-order chi connectivity index (χ1) is 12.0. The molecule has 7 nitrogen and oxygen atoms in total. The van der Waals surface area contributed by atoms with E-state index < -0.39 is 0 Å². The molecule has 0 aromatic carbocycles. The van der Waals surface area contributed by atoms with Gasteiger partial charge in [-0.25, -0.2) is 4.98 Å². The van der Waals surface area contributed by atoms with Gasteiger partial charge in [-0.1, -0.05) is 0 Å². The molecule has 0 atom stereocenters. The van der Waals surface area contributed by atoms with Crippen LogP contribution in [0, 0.1) is 0 Å². The molecule has 1 fully saturated rings. The van der Waals surface area contributed by atoms with Gasteiger partial charge in [0.05, 0.1) is 18.1 Å². The summed E-state index contributed by atoms with van der Waals surface area (Å²) in [5.74, 6) is 0.0218. The predicted molar refractivity (Wildman–Crippen MR) is 97.6 cm³/mol. The summed E-state index contributed by atoms with van der Waals surface area (Å²) in [4.78, 5) is 23.3. The van der Waals surface area contributed by atoms with Gasteiger partial charge in [-0.05, 0) is 18.6 Å². The summed E-state index contributed by atoms with van der Waals surface area (Å²) in [7, 11) is 5.86. The van der Waals surface area contributed by atoms with E-state index in [4.69, 9.17) is 0 Å². The number of aromatic nitrogens is 3. The second kappa shape index (κ2) is 7.65. The minimum atomic E-state index is 0.0218. The number of rotatable bonds is 4. The zero-order valence-electron chi connectivity index (χ0n) is 15.2. The van der Waals surface area contributed by atoms with Crippen molar-refractivity contribution in [2.24, 2.45) is 7.05 Å². The number of pyridine rings is 1. The zero-order valence-corrected chi connectivity index (χ0v) is 15.2. The molecule has 0 bridgehead atoms. The summed E-state index contributed by atoms with van der Waals surface area (Å²) in [5, 5.41) is 4.22. The first-order valence-electron chi connectivity index (χ1n) is 8.65. The van der Waals surface area contributed by atoms with Crippen LogP contribution in [0.2, 0.25) is 0 Å². The molecule has 2 aromatic rings.